The molecular weight excluding hydrogens is 348 g/mol. The molecule has 0 aromatic carbocycles. The van der Waals surface area contributed by atoms with Gasteiger partial charge in [-0.2, -0.15) is 0 Å². The van der Waals surface area contributed by atoms with Gasteiger partial charge in [0, 0.05) is 19.1 Å². The summed E-state index contributed by atoms with van der Waals surface area (Å²) in [5, 5.41) is 2.27. The van der Waals surface area contributed by atoms with Crippen LogP contribution >= 0.6 is 0 Å². The number of furan rings is 1. The summed E-state index contributed by atoms with van der Waals surface area (Å²) in [6, 6.07) is 2.27. The van der Waals surface area contributed by atoms with Crippen LogP contribution in [-0.2, 0) is 21.2 Å². The van der Waals surface area contributed by atoms with Gasteiger partial charge in [-0.3, -0.25) is 9.69 Å². The van der Waals surface area contributed by atoms with E-state index in [4.69, 9.17) is 10.2 Å². The molecule has 2 saturated heterocycles. The third kappa shape index (κ3) is 3.96. The van der Waals surface area contributed by atoms with Crippen LogP contribution in [0.15, 0.2) is 16.5 Å². The van der Waals surface area contributed by atoms with Crippen LogP contribution in [0.2, 0.25) is 0 Å². The van der Waals surface area contributed by atoms with Gasteiger partial charge in [-0.1, -0.05) is 0 Å². The highest BCUT2D eigenvalue weighted by molar-refractivity contribution is 7.91. The fourth-order valence-electron chi connectivity index (χ4n) is 3.57. The van der Waals surface area contributed by atoms with Crippen molar-refractivity contribution in [3.8, 4) is 0 Å². The number of sulfone groups is 1. The number of carbonyl (C=O) groups is 2. The van der Waals surface area contributed by atoms with Crippen molar-refractivity contribution in [2.24, 2.45) is 5.73 Å². The molecule has 10 heteroatoms. The number of amides is 3. The normalized spacial score (nSPS) is 25.6. The summed E-state index contributed by atoms with van der Waals surface area (Å²) in [7, 11) is -3.22. The fraction of sp³-hybridized carbons (Fsp3) is 0.600. The first kappa shape index (κ1) is 17.7. The van der Waals surface area contributed by atoms with Gasteiger partial charge in [0.05, 0.1) is 30.6 Å². The lowest BCUT2D eigenvalue weighted by Gasteiger charge is -2.43. The smallest absolute Gasteiger partial charge is 0.312 e. The van der Waals surface area contributed by atoms with E-state index in [9.17, 15) is 18.0 Å². The summed E-state index contributed by atoms with van der Waals surface area (Å²) in [6.45, 7) is 3.07. The molecule has 3 amide bonds. The second kappa shape index (κ2) is 6.68. The van der Waals surface area contributed by atoms with Gasteiger partial charge in [-0.15, -0.1) is 0 Å². The summed E-state index contributed by atoms with van der Waals surface area (Å²) in [4.78, 5) is 26.8. The number of urea groups is 1. The molecule has 138 valence electrons. The molecular formula is C15H22N4O5S. The minimum absolute atomic E-state index is 0.0182. The number of piperazine rings is 1. The Hall–Kier alpha value is -2.07. The quantitative estimate of drug-likeness (QED) is 0.705. The van der Waals surface area contributed by atoms with Crippen molar-refractivity contribution in [2.45, 2.75) is 25.6 Å². The van der Waals surface area contributed by atoms with Crippen molar-refractivity contribution in [2.75, 3.05) is 31.1 Å². The van der Waals surface area contributed by atoms with E-state index >= 15 is 0 Å². The van der Waals surface area contributed by atoms with Crippen LogP contribution in [0.1, 0.15) is 11.5 Å². The fourth-order valence-corrected chi connectivity index (χ4v) is 5.58. The number of hydrogen-bond acceptors (Lipinski definition) is 6. The summed E-state index contributed by atoms with van der Waals surface area (Å²) < 4.78 is 29.9. The summed E-state index contributed by atoms with van der Waals surface area (Å²) in [6.07, 6.45) is 0. The predicted molar refractivity (Wildman–Crippen MR) is 89.4 cm³/mol. The monoisotopic (exact) mass is 370 g/mol. The molecule has 0 aliphatic carbocycles. The second-order valence-corrected chi connectivity index (χ2v) is 8.65. The molecule has 2 atom stereocenters. The number of carbonyl (C=O) groups excluding carboxylic acids is 2. The van der Waals surface area contributed by atoms with Gasteiger partial charge in [0.25, 0.3) is 0 Å². The van der Waals surface area contributed by atoms with E-state index < -0.39 is 21.9 Å². The molecule has 2 aliphatic rings. The zero-order valence-electron chi connectivity index (χ0n) is 14.0. The number of primary amides is 1. The summed E-state index contributed by atoms with van der Waals surface area (Å²) in [5.41, 5.74) is 4.99. The van der Waals surface area contributed by atoms with Gasteiger partial charge >= 0.3 is 6.03 Å². The van der Waals surface area contributed by atoms with E-state index in [0.717, 1.165) is 11.5 Å². The lowest BCUT2D eigenvalue weighted by molar-refractivity contribution is -0.136. The lowest BCUT2D eigenvalue weighted by Crippen LogP contribution is -2.61. The maximum Gasteiger partial charge on any atom is 0.312 e. The van der Waals surface area contributed by atoms with Crippen LogP contribution in [0, 0.1) is 6.92 Å². The topological polar surface area (TPSA) is 126 Å². The minimum Gasteiger partial charge on any atom is -0.465 e. The number of rotatable bonds is 4. The molecule has 0 bridgehead atoms. The maximum atomic E-state index is 12.3. The van der Waals surface area contributed by atoms with Gasteiger partial charge in [-0.25, -0.2) is 13.2 Å². The van der Waals surface area contributed by atoms with Crippen LogP contribution < -0.4 is 11.1 Å². The molecule has 0 spiro atoms. The molecule has 2 fully saturated rings. The van der Waals surface area contributed by atoms with Crippen LogP contribution in [0.3, 0.4) is 0 Å². The van der Waals surface area contributed by atoms with E-state index in [-0.39, 0.29) is 30.0 Å². The van der Waals surface area contributed by atoms with Crippen molar-refractivity contribution >= 4 is 21.8 Å². The van der Waals surface area contributed by atoms with E-state index in [2.05, 4.69) is 10.2 Å². The molecule has 3 N–H and O–H groups in total. The van der Waals surface area contributed by atoms with Gasteiger partial charge in [0.2, 0.25) is 5.91 Å². The molecule has 3 rings (SSSR count). The Morgan fingerprint density at radius 1 is 1.28 bits per heavy atom. The number of nitrogens with zero attached hydrogens (tertiary/aromatic N) is 2. The minimum atomic E-state index is -3.22. The Morgan fingerprint density at radius 2 is 2.00 bits per heavy atom. The predicted octanol–water partition coefficient (Wildman–Crippen LogP) is -0.934. The van der Waals surface area contributed by atoms with E-state index in [1.165, 1.54) is 0 Å². The summed E-state index contributed by atoms with van der Waals surface area (Å²) >= 11 is 0. The molecule has 3 heterocycles. The number of nitrogens with two attached hydrogens (primary N) is 1. The number of hydrogen-bond donors (Lipinski definition) is 2. The molecule has 1 aromatic heterocycles. The van der Waals surface area contributed by atoms with E-state index in [0.29, 0.717) is 19.6 Å². The van der Waals surface area contributed by atoms with E-state index in [1.54, 1.807) is 4.90 Å². The Balaban J connectivity index is 1.75. The summed E-state index contributed by atoms with van der Waals surface area (Å²) in [5.74, 6) is 1.21. The Labute approximate surface area is 146 Å². The first-order valence-electron chi connectivity index (χ1n) is 8.08. The molecule has 1 aromatic rings. The lowest BCUT2D eigenvalue weighted by atomic mass is 10.0. The van der Waals surface area contributed by atoms with Gasteiger partial charge in [-0.05, 0) is 19.1 Å². The van der Waals surface area contributed by atoms with Crippen molar-refractivity contribution < 1.29 is 22.4 Å². The number of aryl methyl sites for hydroxylation is 1. The first-order valence-corrected chi connectivity index (χ1v) is 9.90. The largest absolute Gasteiger partial charge is 0.465 e. The van der Waals surface area contributed by atoms with Crippen LogP contribution in [-0.4, -0.2) is 73.4 Å². The zero-order valence-corrected chi connectivity index (χ0v) is 14.8. The molecule has 0 unspecified atom stereocenters. The van der Waals surface area contributed by atoms with Crippen LogP contribution in [0.25, 0.3) is 0 Å². The Kier molecular flexibility index (Phi) is 4.74. The van der Waals surface area contributed by atoms with E-state index in [1.807, 2.05) is 19.1 Å². The highest BCUT2D eigenvalue weighted by Gasteiger charge is 2.47. The third-order valence-electron chi connectivity index (χ3n) is 4.68. The van der Waals surface area contributed by atoms with Crippen molar-refractivity contribution in [3.05, 3.63) is 23.7 Å². The molecule has 25 heavy (non-hydrogen) atoms. The second-order valence-electron chi connectivity index (χ2n) is 6.50. The van der Waals surface area contributed by atoms with Crippen molar-refractivity contribution in [1.82, 2.24) is 15.1 Å². The molecule has 0 radical (unpaired) electrons. The van der Waals surface area contributed by atoms with Gasteiger partial charge in [0.1, 0.15) is 11.5 Å². The average Bonchev–Trinajstić information content (AvgIpc) is 3.07. The Bertz CT molecular complexity index is 775. The highest BCUT2D eigenvalue weighted by atomic mass is 32.2. The van der Waals surface area contributed by atoms with Crippen LogP contribution in [0.5, 0.6) is 0 Å². The molecule has 0 saturated carbocycles. The van der Waals surface area contributed by atoms with Crippen molar-refractivity contribution in [1.29, 1.82) is 0 Å². The number of fused-ring (bicyclic) bond motifs is 1. The first-order chi connectivity index (χ1) is 11.7. The maximum absolute atomic E-state index is 12.3. The number of nitrogens with one attached hydrogen (secondary N) is 1. The Morgan fingerprint density at radius 3 is 2.64 bits per heavy atom. The van der Waals surface area contributed by atoms with Gasteiger partial charge < -0.3 is 20.4 Å². The van der Waals surface area contributed by atoms with Gasteiger partial charge in [0.15, 0.2) is 9.84 Å². The third-order valence-corrected chi connectivity index (χ3v) is 6.38. The van der Waals surface area contributed by atoms with Crippen molar-refractivity contribution in [3.63, 3.8) is 0 Å². The average molecular weight is 370 g/mol. The standard InChI is InChI=1S/C15H22N4O5S/c1-10-2-3-11(24-10)7-18-4-5-19(14(20)6-17-15(16)21)13-9-25(22,23)8-12(13)18/h2-3,12-13H,4-9H2,1H3,(H3,16,17,21)/t12-,13+/m1/s1. The van der Waals surface area contributed by atoms with Crippen LogP contribution in [0.4, 0.5) is 4.79 Å². The molecule has 2 aliphatic heterocycles. The zero-order chi connectivity index (χ0) is 18.2. The SMILES string of the molecule is Cc1ccc(CN2CCN(C(=O)CNC(N)=O)[C@H]3CS(=O)(=O)C[C@H]32)o1. The molecule has 9 nitrogen and oxygen atoms in total. The highest BCUT2D eigenvalue weighted by Crippen LogP contribution is 2.28.